The molecule has 1 atom stereocenters. The van der Waals surface area contributed by atoms with Gasteiger partial charge in [-0.05, 0) is 45.1 Å². The number of esters is 1. The maximum atomic E-state index is 12.7. The molecule has 2 heterocycles. The standard InChI is InChI=1S/C16H24N2O3/c1-5-21-16(20)14-11(3)13(12(4)17-14)15(19)18-8-6-7-10(2)9-18/h10,17H,5-9H2,1-4H3/t10-/m0/s1. The number of ether oxygens (including phenoxy) is 1. The number of rotatable bonds is 3. The molecule has 0 saturated carbocycles. The minimum Gasteiger partial charge on any atom is -0.461 e. The lowest BCUT2D eigenvalue weighted by Gasteiger charge is -2.31. The summed E-state index contributed by atoms with van der Waals surface area (Å²) in [5.74, 6) is 0.152. The quantitative estimate of drug-likeness (QED) is 0.871. The molecule has 1 aliphatic rings. The molecule has 1 saturated heterocycles. The summed E-state index contributed by atoms with van der Waals surface area (Å²) in [6.45, 7) is 9.47. The van der Waals surface area contributed by atoms with E-state index in [0.717, 1.165) is 25.2 Å². The number of aromatic amines is 1. The van der Waals surface area contributed by atoms with E-state index < -0.39 is 5.97 Å². The van der Waals surface area contributed by atoms with Gasteiger partial charge in [0.05, 0.1) is 12.2 Å². The number of H-pyrrole nitrogens is 1. The van der Waals surface area contributed by atoms with Crippen molar-refractivity contribution in [3.63, 3.8) is 0 Å². The Morgan fingerprint density at radius 2 is 2.10 bits per heavy atom. The van der Waals surface area contributed by atoms with Crippen molar-refractivity contribution in [3.05, 3.63) is 22.5 Å². The highest BCUT2D eigenvalue weighted by Crippen LogP contribution is 2.23. The van der Waals surface area contributed by atoms with Crippen LogP contribution in [0.25, 0.3) is 0 Å². The molecule has 0 bridgehead atoms. The number of carbonyl (C=O) groups excluding carboxylic acids is 2. The van der Waals surface area contributed by atoms with E-state index in [1.54, 1.807) is 13.8 Å². The van der Waals surface area contributed by atoms with Crippen LogP contribution in [0.2, 0.25) is 0 Å². The largest absolute Gasteiger partial charge is 0.461 e. The van der Waals surface area contributed by atoms with E-state index in [2.05, 4.69) is 11.9 Å². The van der Waals surface area contributed by atoms with Crippen LogP contribution in [-0.4, -0.2) is 41.5 Å². The zero-order valence-corrected chi connectivity index (χ0v) is 13.3. The third-order valence-corrected chi connectivity index (χ3v) is 4.08. The number of carbonyl (C=O) groups is 2. The van der Waals surface area contributed by atoms with Crippen molar-refractivity contribution in [3.8, 4) is 0 Å². The molecule has 0 aromatic carbocycles. The molecule has 0 radical (unpaired) electrons. The van der Waals surface area contributed by atoms with Crippen molar-refractivity contribution >= 4 is 11.9 Å². The van der Waals surface area contributed by atoms with E-state index in [1.807, 2.05) is 11.8 Å². The number of hydrogen-bond donors (Lipinski definition) is 1. The molecule has 2 rings (SSSR count). The first-order valence-electron chi connectivity index (χ1n) is 7.61. The Balaban J connectivity index is 2.27. The predicted molar refractivity (Wildman–Crippen MR) is 80.5 cm³/mol. The summed E-state index contributed by atoms with van der Waals surface area (Å²) < 4.78 is 5.02. The molecule has 116 valence electrons. The fraction of sp³-hybridized carbons (Fsp3) is 0.625. The number of nitrogens with one attached hydrogen (secondary N) is 1. The van der Waals surface area contributed by atoms with Gasteiger partial charge >= 0.3 is 5.97 Å². The van der Waals surface area contributed by atoms with Gasteiger partial charge in [-0.2, -0.15) is 0 Å². The molecular weight excluding hydrogens is 268 g/mol. The van der Waals surface area contributed by atoms with Gasteiger partial charge in [-0.15, -0.1) is 0 Å². The molecule has 1 fully saturated rings. The average Bonchev–Trinajstić information content (AvgIpc) is 2.73. The summed E-state index contributed by atoms with van der Waals surface area (Å²) in [4.78, 5) is 29.5. The van der Waals surface area contributed by atoms with Crippen LogP contribution in [0.3, 0.4) is 0 Å². The van der Waals surface area contributed by atoms with E-state index in [-0.39, 0.29) is 5.91 Å². The molecule has 1 N–H and O–H groups in total. The number of aromatic nitrogens is 1. The van der Waals surface area contributed by atoms with Gasteiger partial charge in [-0.1, -0.05) is 6.92 Å². The molecule has 1 aromatic heterocycles. The molecule has 5 nitrogen and oxygen atoms in total. The first-order valence-corrected chi connectivity index (χ1v) is 7.61. The van der Waals surface area contributed by atoms with Gasteiger partial charge in [0.2, 0.25) is 0 Å². The van der Waals surface area contributed by atoms with E-state index >= 15 is 0 Å². The normalized spacial score (nSPS) is 18.7. The van der Waals surface area contributed by atoms with Crippen molar-refractivity contribution in [1.29, 1.82) is 0 Å². The minimum atomic E-state index is -0.399. The molecule has 1 aromatic rings. The second-order valence-corrected chi connectivity index (χ2v) is 5.84. The first-order chi connectivity index (χ1) is 9.95. The number of nitrogens with zero attached hydrogens (tertiary/aromatic N) is 1. The molecule has 0 unspecified atom stereocenters. The highest BCUT2D eigenvalue weighted by Gasteiger charge is 2.28. The van der Waals surface area contributed by atoms with Gasteiger partial charge < -0.3 is 14.6 Å². The van der Waals surface area contributed by atoms with Crippen LogP contribution in [0, 0.1) is 19.8 Å². The fourth-order valence-electron chi connectivity index (χ4n) is 3.01. The monoisotopic (exact) mass is 292 g/mol. The Kier molecular flexibility index (Phi) is 4.70. The molecule has 1 amide bonds. The Bertz CT molecular complexity index is 548. The van der Waals surface area contributed by atoms with Gasteiger partial charge in [0.1, 0.15) is 5.69 Å². The van der Waals surface area contributed by atoms with Crippen LogP contribution in [-0.2, 0) is 4.74 Å². The summed E-state index contributed by atoms with van der Waals surface area (Å²) >= 11 is 0. The summed E-state index contributed by atoms with van der Waals surface area (Å²) in [6, 6.07) is 0. The van der Waals surface area contributed by atoms with Crippen molar-refractivity contribution in [2.75, 3.05) is 19.7 Å². The van der Waals surface area contributed by atoms with Crippen LogP contribution >= 0.6 is 0 Å². The predicted octanol–water partition coefficient (Wildman–Crippen LogP) is 2.68. The number of aryl methyl sites for hydroxylation is 1. The third kappa shape index (κ3) is 3.12. The van der Waals surface area contributed by atoms with Gasteiger partial charge in [0.25, 0.3) is 5.91 Å². The lowest BCUT2D eigenvalue weighted by molar-refractivity contribution is 0.0519. The summed E-state index contributed by atoms with van der Waals surface area (Å²) in [5.41, 5.74) is 2.43. The fourth-order valence-corrected chi connectivity index (χ4v) is 3.01. The smallest absolute Gasteiger partial charge is 0.355 e. The number of piperidine rings is 1. The molecule has 5 heteroatoms. The van der Waals surface area contributed by atoms with Crippen LogP contribution in [0.1, 0.15) is 58.8 Å². The second-order valence-electron chi connectivity index (χ2n) is 5.84. The molecular formula is C16H24N2O3. The number of hydrogen-bond acceptors (Lipinski definition) is 3. The highest BCUT2D eigenvalue weighted by atomic mass is 16.5. The zero-order chi connectivity index (χ0) is 15.6. The molecule has 0 spiro atoms. The highest BCUT2D eigenvalue weighted by molar-refractivity contribution is 6.01. The SMILES string of the molecule is CCOC(=O)c1[nH]c(C)c(C(=O)N2CCC[C@H](C)C2)c1C. The third-order valence-electron chi connectivity index (χ3n) is 4.08. The van der Waals surface area contributed by atoms with Gasteiger partial charge in [0, 0.05) is 18.8 Å². The van der Waals surface area contributed by atoms with Gasteiger partial charge in [-0.25, -0.2) is 4.79 Å². The van der Waals surface area contributed by atoms with E-state index in [4.69, 9.17) is 4.74 Å². The van der Waals surface area contributed by atoms with Crippen LogP contribution in [0.5, 0.6) is 0 Å². The Hall–Kier alpha value is -1.78. The topological polar surface area (TPSA) is 62.4 Å². The van der Waals surface area contributed by atoms with Crippen molar-refractivity contribution in [2.24, 2.45) is 5.92 Å². The lowest BCUT2D eigenvalue weighted by Crippen LogP contribution is -2.39. The molecule has 1 aliphatic heterocycles. The number of likely N-dealkylation sites (tertiary alicyclic amines) is 1. The van der Waals surface area contributed by atoms with E-state index in [1.165, 1.54) is 6.42 Å². The van der Waals surface area contributed by atoms with Crippen molar-refractivity contribution < 1.29 is 14.3 Å². The number of amides is 1. The van der Waals surface area contributed by atoms with Crippen LogP contribution in [0.4, 0.5) is 0 Å². The maximum Gasteiger partial charge on any atom is 0.355 e. The Morgan fingerprint density at radius 3 is 2.71 bits per heavy atom. The average molecular weight is 292 g/mol. The van der Waals surface area contributed by atoms with Crippen LogP contribution in [0.15, 0.2) is 0 Å². The zero-order valence-electron chi connectivity index (χ0n) is 13.3. The summed E-state index contributed by atoms with van der Waals surface area (Å²) in [6.07, 6.45) is 2.21. The van der Waals surface area contributed by atoms with E-state index in [0.29, 0.717) is 29.3 Å². The first kappa shape index (κ1) is 15.6. The van der Waals surface area contributed by atoms with Crippen LogP contribution < -0.4 is 0 Å². The summed E-state index contributed by atoms with van der Waals surface area (Å²) in [5, 5.41) is 0. The molecule has 0 aliphatic carbocycles. The molecule has 21 heavy (non-hydrogen) atoms. The van der Waals surface area contributed by atoms with Gasteiger partial charge in [-0.3, -0.25) is 4.79 Å². The Labute approximate surface area is 125 Å². The van der Waals surface area contributed by atoms with Gasteiger partial charge in [0.15, 0.2) is 0 Å². The minimum absolute atomic E-state index is 0.0170. The van der Waals surface area contributed by atoms with Crippen molar-refractivity contribution in [1.82, 2.24) is 9.88 Å². The van der Waals surface area contributed by atoms with E-state index in [9.17, 15) is 9.59 Å². The maximum absolute atomic E-state index is 12.7. The second kappa shape index (κ2) is 6.33. The summed E-state index contributed by atoms with van der Waals surface area (Å²) in [7, 11) is 0. The Morgan fingerprint density at radius 1 is 1.38 bits per heavy atom. The van der Waals surface area contributed by atoms with Crippen molar-refractivity contribution in [2.45, 2.75) is 40.5 Å². The lowest BCUT2D eigenvalue weighted by atomic mass is 9.99.